The van der Waals surface area contributed by atoms with Crippen LogP contribution in [0.4, 0.5) is 4.39 Å². The summed E-state index contributed by atoms with van der Waals surface area (Å²) in [7, 11) is 0.298. The fraction of sp³-hybridized carbons (Fsp3) is 0.391. The van der Waals surface area contributed by atoms with E-state index in [9.17, 15) is 13.4 Å². The number of hydrogen-bond donors (Lipinski definition) is 2. The molecule has 3 aromatic rings. The normalized spacial score (nSPS) is 18.3. The highest BCUT2D eigenvalue weighted by atomic mass is 32.2. The third kappa shape index (κ3) is 4.07. The Hall–Kier alpha value is -2.62. The Bertz CT molecular complexity index is 1240. The van der Waals surface area contributed by atoms with E-state index in [4.69, 9.17) is 4.74 Å². The molecule has 7 nitrogen and oxygen atoms in total. The first-order valence-corrected chi connectivity index (χ1v) is 11.9. The summed E-state index contributed by atoms with van der Waals surface area (Å²) in [4.78, 5) is 12.4. The number of likely N-dealkylation sites (N-methyl/N-ethyl adjacent to an activating group) is 1. The summed E-state index contributed by atoms with van der Waals surface area (Å²) in [5, 5.41) is 11.2. The number of nitrogens with one attached hydrogen (secondary N) is 2. The van der Waals surface area contributed by atoms with E-state index in [1.807, 2.05) is 19.2 Å². The predicted octanol–water partition coefficient (Wildman–Crippen LogP) is 2.51. The fourth-order valence-electron chi connectivity index (χ4n) is 3.97. The molecular formula is C23H25FN4O3S. The number of benzene rings is 2. The SMILES string of the molecule is CNC1CN(S(=O)c2cc(Cc3n[nH]c(=O)c4ccc(OC5CCC5)cc34)ccc2F)C1. The van der Waals surface area contributed by atoms with Crippen molar-refractivity contribution >= 4 is 21.8 Å². The van der Waals surface area contributed by atoms with E-state index in [0.29, 0.717) is 41.7 Å². The van der Waals surface area contributed by atoms with Crippen molar-refractivity contribution in [2.45, 2.75) is 42.7 Å². The van der Waals surface area contributed by atoms with Crippen molar-refractivity contribution < 1.29 is 13.3 Å². The molecule has 2 N–H and O–H groups in total. The maximum atomic E-state index is 14.5. The Balaban J connectivity index is 1.43. The molecule has 1 atom stereocenters. The van der Waals surface area contributed by atoms with Crippen LogP contribution < -0.4 is 15.6 Å². The lowest BCUT2D eigenvalue weighted by molar-refractivity contribution is 0.120. The predicted molar refractivity (Wildman–Crippen MR) is 121 cm³/mol. The zero-order valence-corrected chi connectivity index (χ0v) is 18.6. The zero-order chi connectivity index (χ0) is 22.2. The Kier molecular flexibility index (Phi) is 5.79. The number of ether oxygens (including phenoxy) is 1. The molecule has 1 unspecified atom stereocenters. The molecule has 1 aliphatic heterocycles. The van der Waals surface area contributed by atoms with Crippen molar-refractivity contribution in [3.05, 3.63) is 63.8 Å². The fourth-order valence-corrected chi connectivity index (χ4v) is 5.36. The number of halogens is 1. The summed E-state index contributed by atoms with van der Waals surface area (Å²) in [6, 6.07) is 10.3. The third-order valence-electron chi connectivity index (χ3n) is 6.24. The topological polar surface area (TPSA) is 87.3 Å². The molecule has 32 heavy (non-hydrogen) atoms. The second kappa shape index (κ2) is 8.73. The van der Waals surface area contributed by atoms with Gasteiger partial charge in [-0.1, -0.05) is 6.07 Å². The first-order chi connectivity index (χ1) is 15.5. The van der Waals surface area contributed by atoms with Gasteiger partial charge in [-0.15, -0.1) is 0 Å². The molecule has 168 valence electrons. The minimum atomic E-state index is -1.56. The maximum Gasteiger partial charge on any atom is 0.272 e. The highest BCUT2D eigenvalue weighted by molar-refractivity contribution is 7.82. The molecule has 2 aromatic carbocycles. The Morgan fingerprint density at radius 3 is 2.75 bits per heavy atom. The van der Waals surface area contributed by atoms with E-state index in [1.54, 1.807) is 22.5 Å². The van der Waals surface area contributed by atoms with Gasteiger partial charge in [-0.05, 0) is 62.2 Å². The number of aromatic amines is 1. The summed E-state index contributed by atoms with van der Waals surface area (Å²) < 4.78 is 35.0. The second-order valence-electron chi connectivity index (χ2n) is 8.40. The van der Waals surface area contributed by atoms with Crippen molar-refractivity contribution in [3.63, 3.8) is 0 Å². The van der Waals surface area contributed by atoms with Crippen LogP contribution in [0.2, 0.25) is 0 Å². The van der Waals surface area contributed by atoms with Crippen LogP contribution >= 0.6 is 0 Å². The first-order valence-electron chi connectivity index (χ1n) is 10.8. The summed E-state index contributed by atoms with van der Waals surface area (Å²) in [6.07, 6.45) is 3.85. The Morgan fingerprint density at radius 1 is 1.22 bits per heavy atom. The average molecular weight is 457 g/mol. The maximum absolute atomic E-state index is 14.5. The van der Waals surface area contributed by atoms with Crippen LogP contribution in [0.3, 0.4) is 0 Å². The minimum absolute atomic E-state index is 0.166. The third-order valence-corrected chi connectivity index (χ3v) is 7.70. The van der Waals surface area contributed by atoms with E-state index < -0.39 is 16.8 Å². The monoisotopic (exact) mass is 456 g/mol. The molecule has 0 amide bonds. The number of aromatic nitrogens is 2. The van der Waals surface area contributed by atoms with Gasteiger partial charge < -0.3 is 10.1 Å². The molecule has 1 aromatic heterocycles. The van der Waals surface area contributed by atoms with Crippen LogP contribution in [0.5, 0.6) is 5.75 Å². The molecule has 0 spiro atoms. The molecule has 0 radical (unpaired) electrons. The van der Waals surface area contributed by atoms with E-state index in [2.05, 4.69) is 15.5 Å². The van der Waals surface area contributed by atoms with Crippen LogP contribution in [-0.2, 0) is 17.4 Å². The number of hydrogen-bond acceptors (Lipinski definition) is 5. The second-order valence-corrected chi connectivity index (χ2v) is 9.86. The number of rotatable bonds is 7. The van der Waals surface area contributed by atoms with E-state index in [1.165, 1.54) is 12.5 Å². The molecule has 9 heteroatoms. The molecule has 5 rings (SSSR count). The summed E-state index contributed by atoms with van der Waals surface area (Å²) in [6.45, 7) is 1.23. The standard InChI is InChI=1S/C23H25FN4O3S/c1-25-15-12-28(13-15)32(30)22-10-14(5-8-20(22)24)9-21-19-11-17(31-16-3-2-4-16)6-7-18(19)23(29)27-26-21/h5-8,10-11,15-16,25H,2-4,9,12-13H2,1H3,(H,27,29). The van der Waals surface area contributed by atoms with Crippen LogP contribution in [0.1, 0.15) is 30.5 Å². The lowest BCUT2D eigenvalue weighted by atomic mass is 9.96. The molecule has 2 heterocycles. The highest BCUT2D eigenvalue weighted by Gasteiger charge is 2.31. The van der Waals surface area contributed by atoms with Gasteiger partial charge in [0.15, 0.2) is 0 Å². The summed E-state index contributed by atoms with van der Waals surface area (Å²) in [5.41, 5.74) is 1.16. The minimum Gasteiger partial charge on any atom is -0.490 e. The van der Waals surface area contributed by atoms with Gasteiger partial charge in [0.05, 0.1) is 22.1 Å². The Morgan fingerprint density at radius 2 is 2.03 bits per heavy atom. The number of nitrogens with zero attached hydrogens (tertiary/aromatic N) is 2. The zero-order valence-electron chi connectivity index (χ0n) is 17.8. The van der Waals surface area contributed by atoms with Gasteiger partial charge in [0.2, 0.25) is 0 Å². The quantitative estimate of drug-likeness (QED) is 0.571. The van der Waals surface area contributed by atoms with Crippen LogP contribution in [0.15, 0.2) is 46.1 Å². The highest BCUT2D eigenvalue weighted by Crippen LogP contribution is 2.29. The number of H-pyrrole nitrogens is 1. The van der Waals surface area contributed by atoms with Crippen molar-refractivity contribution in [1.29, 1.82) is 0 Å². The van der Waals surface area contributed by atoms with Crippen molar-refractivity contribution in [1.82, 2.24) is 19.8 Å². The van der Waals surface area contributed by atoms with Gasteiger partial charge >= 0.3 is 0 Å². The van der Waals surface area contributed by atoms with Gasteiger partial charge in [0, 0.05) is 30.9 Å². The molecule has 1 saturated carbocycles. The van der Waals surface area contributed by atoms with Crippen LogP contribution in [0.25, 0.3) is 10.8 Å². The smallest absolute Gasteiger partial charge is 0.272 e. The van der Waals surface area contributed by atoms with Gasteiger partial charge in [-0.2, -0.15) is 5.10 Å². The molecule has 2 fully saturated rings. The van der Waals surface area contributed by atoms with Crippen LogP contribution in [-0.4, -0.2) is 51.0 Å². The van der Waals surface area contributed by atoms with Gasteiger partial charge in [-0.25, -0.2) is 18.0 Å². The molecule has 2 aliphatic rings. The first kappa shape index (κ1) is 21.2. The number of fused-ring (bicyclic) bond motifs is 1. The van der Waals surface area contributed by atoms with Crippen molar-refractivity contribution in [2.24, 2.45) is 0 Å². The van der Waals surface area contributed by atoms with E-state index in [0.717, 1.165) is 18.4 Å². The van der Waals surface area contributed by atoms with E-state index in [-0.39, 0.29) is 22.6 Å². The molecule has 1 aliphatic carbocycles. The van der Waals surface area contributed by atoms with Crippen molar-refractivity contribution in [2.75, 3.05) is 20.1 Å². The van der Waals surface area contributed by atoms with E-state index >= 15 is 0 Å². The largest absolute Gasteiger partial charge is 0.490 e. The Labute approximate surface area is 187 Å². The molecular weight excluding hydrogens is 431 g/mol. The van der Waals surface area contributed by atoms with Gasteiger partial charge in [0.1, 0.15) is 22.6 Å². The summed E-state index contributed by atoms with van der Waals surface area (Å²) >= 11 is 0. The summed E-state index contributed by atoms with van der Waals surface area (Å²) in [5.74, 6) is 0.226. The lowest BCUT2D eigenvalue weighted by Crippen LogP contribution is -2.57. The van der Waals surface area contributed by atoms with Gasteiger partial charge in [0.25, 0.3) is 5.56 Å². The van der Waals surface area contributed by atoms with Gasteiger partial charge in [-0.3, -0.25) is 4.79 Å². The van der Waals surface area contributed by atoms with Crippen LogP contribution in [0, 0.1) is 5.82 Å². The average Bonchev–Trinajstić information content (AvgIpc) is 2.73. The molecule has 0 bridgehead atoms. The lowest BCUT2D eigenvalue weighted by Gasteiger charge is -2.37. The van der Waals surface area contributed by atoms with Crippen molar-refractivity contribution in [3.8, 4) is 5.75 Å². The molecule has 1 saturated heterocycles.